The van der Waals surface area contributed by atoms with Crippen LogP contribution in [0.4, 0.5) is 0 Å². The Kier molecular flexibility index (Phi) is 4.94. The molecule has 4 heteroatoms. The number of esters is 1. The lowest BCUT2D eigenvalue weighted by Gasteiger charge is -2.16. The number of rotatable bonds is 5. The number of ether oxygens (including phenoxy) is 1. The Morgan fingerprint density at radius 1 is 1.12 bits per heavy atom. The van der Waals surface area contributed by atoms with E-state index in [1.165, 1.54) is 5.56 Å². The summed E-state index contributed by atoms with van der Waals surface area (Å²) >= 11 is 0. The first-order valence-corrected chi connectivity index (χ1v) is 8.22. The maximum absolute atomic E-state index is 12.3. The van der Waals surface area contributed by atoms with Gasteiger partial charge in [0.1, 0.15) is 5.75 Å². The Morgan fingerprint density at radius 3 is 2.54 bits per heavy atom. The van der Waals surface area contributed by atoms with E-state index < -0.39 is 0 Å². The van der Waals surface area contributed by atoms with Crippen LogP contribution in [0.5, 0.6) is 5.75 Å². The summed E-state index contributed by atoms with van der Waals surface area (Å²) in [4.78, 5) is 26.1. The third kappa shape index (κ3) is 4.02. The molecule has 0 N–H and O–H groups in total. The topological polar surface area (TPSA) is 46.6 Å². The van der Waals surface area contributed by atoms with E-state index in [2.05, 4.69) is 0 Å². The van der Waals surface area contributed by atoms with Gasteiger partial charge in [0.15, 0.2) is 0 Å². The van der Waals surface area contributed by atoms with E-state index in [-0.39, 0.29) is 24.2 Å². The molecule has 0 spiro atoms. The van der Waals surface area contributed by atoms with Crippen LogP contribution in [0.15, 0.2) is 54.6 Å². The number of aryl methyl sites for hydroxylation is 1. The van der Waals surface area contributed by atoms with Gasteiger partial charge in [-0.1, -0.05) is 48.0 Å². The van der Waals surface area contributed by atoms with E-state index in [1.807, 2.05) is 49.4 Å². The van der Waals surface area contributed by atoms with Gasteiger partial charge in [0, 0.05) is 19.5 Å². The lowest BCUT2D eigenvalue weighted by molar-refractivity contribution is -0.139. The fraction of sp³-hybridized carbons (Fsp3) is 0.300. The Morgan fingerprint density at radius 2 is 1.83 bits per heavy atom. The lowest BCUT2D eigenvalue weighted by Crippen LogP contribution is -2.29. The minimum absolute atomic E-state index is 0.0248. The average molecular weight is 323 g/mol. The fourth-order valence-corrected chi connectivity index (χ4v) is 2.86. The van der Waals surface area contributed by atoms with Crippen molar-refractivity contribution in [3.8, 4) is 5.75 Å². The monoisotopic (exact) mass is 323 g/mol. The molecule has 1 amide bonds. The number of carbonyl (C=O) groups is 2. The molecule has 1 aliphatic rings. The van der Waals surface area contributed by atoms with Crippen LogP contribution in [0.25, 0.3) is 0 Å². The Hall–Kier alpha value is -2.62. The van der Waals surface area contributed by atoms with Crippen molar-refractivity contribution >= 4 is 11.9 Å². The number of amides is 1. The highest BCUT2D eigenvalue weighted by Gasteiger charge is 2.35. The largest absolute Gasteiger partial charge is 0.426 e. The highest BCUT2D eigenvalue weighted by atomic mass is 16.5. The molecular formula is C20H21NO3. The zero-order chi connectivity index (χ0) is 16.9. The summed E-state index contributed by atoms with van der Waals surface area (Å²) in [6.45, 7) is 3.05. The molecule has 0 aromatic heterocycles. The number of nitrogens with zero attached hydrogens (tertiary/aromatic N) is 1. The fourth-order valence-electron chi connectivity index (χ4n) is 2.86. The van der Waals surface area contributed by atoms with Gasteiger partial charge < -0.3 is 9.64 Å². The highest BCUT2D eigenvalue weighted by molar-refractivity contribution is 5.87. The number of hydrogen-bond acceptors (Lipinski definition) is 3. The quantitative estimate of drug-likeness (QED) is 0.628. The molecule has 0 radical (unpaired) electrons. The van der Waals surface area contributed by atoms with Crippen molar-refractivity contribution in [3.05, 3.63) is 65.7 Å². The molecule has 1 atom stereocenters. The van der Waals surface area contributed by atoms with Gasteiger partial charge in [-0.05, 0) is 31.0 Å². The van der Waals surface area contributed by atoms with Gasteiger partial charge in [0.25, 0.3) is 0 Å². The highest BCUT2D eigenvalue weighted by Crippen LogP contribution is 2.21. The molecule has 0 aliphatic carbocycles. The van der Waals surface area contributed by atoms with E-state index in [9.17, 15) is 9.59 Å². The normalized spacial score (nSPS) is 17.1. The molecule has 1 heterocycles. The van der Waals surface area contributed by atoms with E-state index in [4.69, 9.17) is 4.74 Å². The second-order valence-electron chi connectivity index (χ2n) is 6.21. The maximum atomic E-state index is 12.3. The zero-order valence-electron chi connectivity index (χ0n) is 13.8. The second kappa shape index (κ2) is 7.30. The third-order valence-corrected chi connectivity index (χ3v) is 4.30. The number of benzene rings is 2. The second-order valence-corrected chi connectivity index (χ2v) is 6.21. The van der Waals surface area contributed by atoms with E-state index in [0.717, 1.165) is 12.0 Å². The van der Waals surface area contributed by atoms with Crippen LogP contribution in [0.1, 0.15) is 17.5 Å². The molecule has 0 bridgehead atoms. The van der Waals surface area contributed by atoms with Crippen molar-refractivity contribution < 1.29 is 14.3 Å². The first-order valence-electron chi connectivity index (χ1n) is 8.22. The van der Waals surface area contributed by atoms with Gasteiger partial charge in [0.2, 0.25) is 5.91 Å². The van der Waals surface area contributed by atoms with Gasteiger partial charge in [0.05, 0.1) is 5.92 Å². The standard InChI is InChI=1S/C20H21NO3/c1-15-7-9-18(10-8-15)24-20(23)17-13-19(22)21(14-17)12-11-16-5-3-2-4-6-16/h2-10,17H,11-14H2,1H3. The van der Waals surface area contributed by atoms with Crippen LogP contribution >= 0.6 is 0 Å². The summed E-state index contributed by atoms with van der Waals surface area (Å²) < 4.78 is 5.39. The summed E-state index contributed by atoms with van der Waals surface area (Å²) in [6.07, 6.45) is 1.03. The van der Waals surface area contributed by atoms with Gasteiger partial charge >= 0.3 is 5.97 Å². The van der Waals surface area contributed by atoms with Crippen LogP contribution in [0.3, 0.4) is 0 Å². The van der Waals surface area contributed by atoms with Crippen LogP contribution in [0.2, 0.25) is 0 Å². The smallest absolute Gasteiger partial charge is 0.316 e. The molecule has 2 aromatic carbocycles. The molecule has 1 fully saturated rings. The number of likely N-dealkylation sites (tertiary alicyclic amines) is 1. The first-order chi connectivity index (χ1) is 11.6. The molecule has 1 unspecified atom stereocenters. The summed E-state index contributed by atoms with van der Waals surface area (Å²) in [5, 5.41) is 0. The third-order valence-electron chi connectivity index (χ3n) is 4.30. The van der Waals surface area contributed by atoms with Crippen molar-refractivity contribution in [2.75, 3.05) is 13.1 Å². The van der Waals surface area contributed by atoms with Crippen molar-refractivity contribution in [1.29, 1.82) is 0 Å². The van der Waals surface area contributed by atoms with Crippen LogP contribution in [-0.2, 0) is 16.0 Å². The number of carbonyl (C=O) groups excluding carboxylic acids is 2. The molecule has 4 nitrogen and oxygen atoms in total. The predicted molar refractivity (Wildman–Crippen MR) is 91.6 cm³/mol. The predicted octanol–water partition coefficient (Wildman–Crippen LogP) is 2.99. The summed E-state index contributed by atoms with van der Waals surface area (Å²) in [5.74, 6) is -0.151. The minimum Gasteiger partial charge on any atom is -0.426 e. The van der Waals surface area contributed by atoms with Gasteiger partial charge in [-0.3, -0.25) is 9.59 Å². The van der Waals surface area contributed by atoms with E-state index in [1.54, 1.807) is 17.0 Å². The first kappa shape index (κ1) is 16.2. The lowest BCUT2D eigenvalue weighted by atomic mass is 10.1. The SMILES string of the molecule is Cc1ccc(OC(=O)C2CC(=O)N(CCc3ccccc3)C2)cc1. The molecule has 1 aliphatic heterocycles. The molecule has 2 aromatic rings. The summed E-state index contributed by atoms with van der Waals surface area (Å²) in [7, 11) is 0. The summed E-state index contributed by atoms with van der Waals surface area (Å²) in [6, 6.07) is 17.4. The van der Waals surface area contributed by atoms with Gasteiger partial charge in [-0.15, -0.1) is 0 Å². The molecular weight excluding hydrogens is 302 g/mol. The Bertz CT molecular complexity index is 709. The van der Waals surface area contributed by atoms with Crippen LogP contribution in [0, 0.1) is 12.8 Å². The summed E-state index contributed by atoms with van der Waals surface area (Å²) in [5.41, 5.74) is 2.30. The van der Waals surface area contributed by atoms with E-state index in [0.29, 0.717) is 18.8 Å². The Labute approximate surface area is 142 Å². The molecule has 0 saturated carbocycles. The molecule has 124 valence electrons. The number of hydrogen-bond donors (Lipinski definition) is 0. The molecule has 3 rings (SSSR count). The maximum Gasteiger partial charge on any atom is 0.316 e. The van der Waals surface area contributed by atoms with Crippen molar-refractivity contribution in [1.82, 2.24) is 4.90 Å². The van der Waals surface area contributed by atoms with Crippen molar-refractivity contribution in [2.24, 2.45) is 5.92 Å². The van der Waals surface area contributed by atoms with Crippen LogP contribution < -0.4 is 4.74 Å². The molecule has 1 saturated heterocycles. The van der Waals surface area contributed by atoms with Crippen molar-refractivity contribution in [3.63, 3.8) is 0 Å². The van der Waals surface area contributed by atoms with Crippen LogP contribution in [-0.4, -0.2) is 29.9 Å². The Balaban J connectivity index is 1.53. The van der Waals surface area contributed by atoms with Gasteiger partial charge in [-0.2, -0.15) is 0 Å². The zero-order valence-corrected chi connectivity index (χ0v) is 13.8. The van der Waals surface area contributed by atoms with Gasteiger partial charge in [-0.25, -0.2) is 0 Å². The minimum atomic E-state index is -0.380. The van der Waals surface area contributed by atoms with E-state index >= 15 is 0 Å². The van der Waals surface area contributed by atoms with Crippen molar-refractivity contribution in [2.45, 2.75) is 19.8 Å². The molecule has 24 heavy (non-hydrogen) atoms. The average Bonchev–Trinajstić information content (AvgIpc) is 2.97.